The molecule has 0 fully saturated rings. The summed E-state index contributed by atoms with van der Waals surface area (Å²) < 4.78 is 2.56. The van der Waals surface area contributed by atoms with Gasteiger partial charge in [0.1, 0.15) is 11.4 Å². The molecule has 52 heavy (non-hydrogen) atoms. The van der Waals surface area contributed by atoms with Crippen molar-refractivity contribution in [3.8, 4) is 67.0 Å². The molecule has 0 radical (unpaired) electrons. The molecule has 0 aliphatic heterocycles. The van der Waals surface area contributed by atoms with Crippen LogP contribution in [-0.4, -0.2) is 15.4 Å². The largest absolute Gasteiger partial charge is 0.135 e. The van der Waals surface area contributed by atoms with Crippen LogP contribution in [0.4, 0.5) is 0 Å². The van der Waals surface area contributed by atoms with Crippen molar-refractivity contribution < 1.29 is 0 Å². The highest BCUT2D eigenvalue weighted by atomic mass is 32.1. The average molecular weight is 684 g/mol. The van der Waals surface area contributed by atoms with Gasteiger partial charge in [0, 0.05) is 36.9 Å². The van der Waals surface area contributed by atoms with Gasteiger partial charge in [-0.15, -0.1) is 21.5 Å². The van der Waals surface area contributed by atoms with Crippen LogP contribution < -0.4 is 0 Å². The van der Waals surface area contributed by atoms with Gasteiger partial charge in [0.2, 0.25) is 0 Å². The van der Waals surface area contributed by atoms with Crippen molar-refractivity contribution in [3.63, 3.8) is 0 Å². The van der Waals surface area contributed by atoms with E-state index in [0.717, 1.165) is 45.6 Å². The highest BCUT2D eigenvalue weighted by molar-refractivity contribution is 7.26. The lowest BCUT2D eigenvalue weighted by Gasteiger charge is -2.22. The highest BCUT2D eigenvalue weighted by Gasteiger charge is 2.28. The van der Waals surface area contributed by atoms with Crippen LogP contribution in [0.25, 0.3) is 87.2 Å². The van der Waals surface area contributed by atoms with Gasteiger partial charge in [0.15, 0.2) is 0 Å². The minimum Gasteiger partial charge on any atom is -0.135 e. The van der Waals surface area contributed by atoms with Crippen LogP contribution in [-0.2, 0) is 6.42 Å². The maximum Gasteiger partial charge on any atom is 0.105 e. The minimum atomic E-state index is 0.816. The second-order valence-corrected chi connectivity index (χ2v) is 14.7. The number of benzene rings is 7. The van der Waals surface area contributed by atoms with Crippen molar-refractivity contribution in [1.82, 2.24) is 15.4 Å². The predicted octanol–water partition coefficient (Wildman–Crippen LogP) is 12.8. The molecule has 0 N–H and O–H groups in total. The van der Waals surface area contributed by atoms with Crippen molar-refractivity contribution in [1.29, 1.82) is 0 Å². The van der Waals surface area contributed by atoms with E-state index in [4.69, 9.17) is 5.10 Å². The van der Waals surface area contributed by atoms with Crippen LogP contribution in [0.15, 0.2) is 152 Å². The number of aromatic nitrogens is 3. The Bertz CT molecular complexity index is 2840. The highest BCUT2D eigenvalue weighted by Crippen LogP contribution is 2.52. The van der Waals surface area contributed by atoms with Gasteiger partial charge in [-0.3, -0.25) is 0 Å². The lowest BCUT2D eigenvalue weighted by atomic mass is 9.82. The Morgan fingerprint density at radius 2 is 1.13 bits per heavy atom. The molecule has 0 bridgehead atoms. The van der Waals surface area contributed by atoms with Crippen LogP contribution in [0.3, 0.4) is 0 Å². The quantitative estimate of drug-likeness (QED) is 0.181. The summed E-state index contributed by atoms with van der Waals surface area (Å²) >= 11 is 1.86. The van der Waals surface area contributed by atoms with Gasteiger partial charge in [-0.05, 0) is 98.8 Å². The summed E-state index contributed by atoms with van der Waals surface area (Å²) in [7, 11) is 0. The van der Waals surface area contributed by atoms with E-state index in [1.54, 1.807) is 0 Å². The Morgan fingerprint density at radius 1 is 0.481 bits per heavy atom. The molecule has 1 aliphatic carbocycles. The fourth-order valence-electron chi connectivity index (χ4n) is 8.29. The summed E-state index contributed by atoms with van der Waals surface area (Å²) in [4.78, 5) is 0. The summed E-state index contributed by atoms with van der Waals surface area (Å²) in [6.45, 7) is 4.56. The fourth-order valence-corrected chi connectivity index (χ4v) is 9.40. The zero-order valence-electron chi connectivity index (χ0n) is 28.9. The van der Waals surface area contributed by atoms with Crippen molar-refractivity contribution in [2.24, 2.45) is 0 Å². The summed E-state index contributed by atoms with van der Waals surface area (Å²) in [6.07, 6.45) is 0.917. The third-order valence-electron chi connectivity index (χ3n) is 10.8. The van der Waals surface area contributed by atoms with Gasteiger partial charge in [0.05, 0.1) is 0 Å². The third kappa shape index (κ3) is 4.75. The maximum absolute atomic E-state index is 4.89. The summed E-state index contributed by atoms with van der Waals surface area (Å²) in [6, 6.07) is 54.4. The molecule has 0 unspecified atom stereocenters. The summed E-state index contributed by atoms with van der Waals surface area (Å²) in [5, 5.41) is 16.6. The van der Waals surface area contributed by atoms with E-state index in [9.17, 15) is 0 Å². The molecule has 1 aliphatic rings. The molecule has 246 valence electrons. The van der Waals surface area contributed by atoms with Gasteiger partial charge in [-0.25, -0.2) is 0 Å². The fraction of sp³-hybridized carbons (Fsp3) is 0.0625. The number of hydrogen-bond donors (Lipinski definition) is 0. The van der Waals surface area contributed by atoms with E-state index < -0.39 is 0 Å². The van der Waals surface area contributed by atoms with Crippen molar-refractivity contribution in [2.45, 2.75) is 20.3 Å². The minimum absolute atomic E-state index is 0.816. The summed E-state index contributed by atoms with van der Waals surface area (Å²) in [5.74, 6) is 0. The molecule has 3 nitrogen and oxygen atoms in total. The van der Waals surface area contributed by atoms with E-state index in [2.05, 4.69) is 170 Å². The molecule has 0 atom stereocenters. The van der Waals surface area contributed by atoms with E-state index in [-0.39, 0.29) is 0 Å². The first-order valence-electron chi connectivity index (χ1n) is 17.8. The van der Waals surface area contributed by atoms with Gasteiger partial charge in [-0.1, -0.05) is 140 Å². The smallest absolute Gasteiger partial charge is 0.105 e. The molecular formula is C48H33N3S. The topological polar surface area (TPSA) is 38.7 Å². The molecular weight excluding hydrogens is 651 g/mol. The zero-order valence-corrected chi connectivity index (χ0v) is 29.7. The van der Waals surface area contributed by atoms with E-state index >= 15 is 0 Å². The molecule has 0 amide bonds. The van der Waals surface area contributed by atoms with Gasteiger partial charge < -0.3 is 0 Å². The Morgan fingerprint density at radius 3 is 1.94 bits per heavy atom. The van der Waals surface area contributed by atoms with Crippen LogP contribution in [0.5, 0.6) is 0 Å². The Labute approximate surface area is 306 Å². The second kappa shape index (κ2) is 12.2. The molecule has 0 saturated heterocycles. The van der Waals surface area contributed by atoms with Gasteiger partial charge in [-0.2, -0.15) is 0 Å². The van der Waals surface area contributed by atoms with E-state index in [1.165, 1.54) is 70.2 Å². The third-order valence-corrected chi connectivity index (χ3v) is 11.9. The van der Waals surface area contributed by atoms with Crippen LogP contribution in [0, 0.1) is 13.8 Å². The SMILES string of the molecule is Cc1cc2c(c(-c3ccc4sc5ccccc5c4c3-c3ccccc3-c3nnnc(-c4ccccc4)c3-c3ccccc3)c1C)Cc1ccccc1-2. The number of nitrogens with zero attached hydrogens (tertiary/aromatic N) is 3. The molecule has 10 rings (SSSR count). The normalized spacial score (nSPS) is 12.0. The van der Waals surface area contributed by atoms with Crippen molar-refractivity contribution >= 4 is 31.5 Å². The Hall–Kier alpha value is -6.23. The van der Waals surface area contributed by atoms with E-state index in [0.29, 0.717) is 0 Å². The molecule has 2 heterocycles. The number of aryl methyl sites for hydroxylation is 1. The number of thiophene rings is 1. The van der Waals surface area contributed by atoms with Crippen molar-refractivity contribution in [2.75, 3.05) is 0 Å². The zero-order chi connectivity index (χ0) is 34.8. The molecule has 0 saturated carbocycles. The van der Waals surface area contributed by atoms with Crippen LogP contribution in [0.1, 0.15) is 22.3 Å². The molecule has 9 aromatic rings. The van der Waals surface area contributed by atoms with E-state index in [1.807, 2.05) is 17.4 Å². The summed E-state index contributed by atoms with van der Waals surface area (Å²) in [5.41, 5.74) is 18.8. The first-order valence-corrected chi connectivity index (χ1v) is 18.6. The predicted molar refractivity (Wildman–Crippen MR) is 218 cm³/mol. The average Bonchev–Trinajstić information content (AvgIpc) is 3.77. The Balaban J connectivity index is 1.33. The lowest BCUT2D eigenvalue weighted by molar-refractivity contribution is 0.879. The van der Waals surface area contributed by atoms with Crippen LogP contribution >= 0.6 is 11.3 Å². The number of fused-ring (bicyclic) bond motifs is 6. The molecule has 2 aromatic heterocycles. The molecule has 0 spiro atoms. The number of hydrogen-bond acceptors (Lipinski definition) is 4. The number of rotatable bonds is 5. The Kier molecular flexibility index (Phi) is 7.19. The second-order valence-electron chi connectivity index (χ2n) is 13.7. The van der Waals surface area contributed by atoms with Gasteiger partial charge in [0.25, 0.3) is 0 Å². The monoisotopic (exact) mass is 683 g/mol. The van der Waals surface area contributed by atoms with Gasteiger partial charge >= 0.3 is 0 Å². The van der Waals surface area contributed by atoms with Crippen LogP contribution in [0.2, 0.25) is 0 Å². The first-order chi connectivity index (χ1) is 25.7. The standard InChI is InChI=1S/C48H33N3S/c1-29-27-39-34-20-10-9-19-33(34)28-40(39)43(30(29)2)38-25-26-42-46(37-23-13-14-24-41(37)52-42)45(38)35-21-11-12-22-36(35)48-44(31-15-5-3-6-16-31)47(49-51-50-48)32-17-7-4-8-18-32/h3-27H,28H2,1-2H3. The maximum atomic E-state index is 4.89. The molecule has 4 heteroatoms. The molecule has 7 aromatic carbocycles. The van der Waals surface area contributed by atoms with Crippen molar-refractivity contribution in [3.05, 3.63) is 174 Å². The first kappa shape index (κ1) is 30.6. The lowest BCUT2D eigenvalue weighted by Crippen LogP contribution is -2.02.